The summed E-state index contributed by atoms with van der Waals surface area (Å²) in [4.78, 5) is 14.8. The number of hydrogen-bond donors (Lipinski definition) is 2. The quantitative estimate of drug-likeness (QED) is 0.415. The minimum Gasteiger partial charge on any atom is -0.493 e. The largest absolute Gasteiger partial charge is 0.493 e. The number of rotatable bonds is 4. The molecule has 0 fully saturated rings. The molecule has 2 N–H and O–H groups in total. The summed E-state index contributed by atoms with van der Waals surface area (Å²) < 4.78 is 1.66. The number of aryl methyl sites for hydroxylation is 1. The van der Waals surface area contributed by atoms with Crippen LogP contribution >= 0.6 is 34.8 Å². The standard InChI is InChI=1S/C16H11Cl3N4O3/c1-2-23-8-6-4-3-5-7(8)11(15(23)24)21-22-12-9(17)13(16(25)26)20-14(19)10(12)18/h3-6,24H,2H2,1H3,(H,25,26). The second kappa shape index (κ2) is 7.11. The molecule has 0 aliphatic rings. The van der Waals surface area contributed by atoms with Crippen LogP contribution in [0.15, 0.2) is 34.5 Å². The lowest BCUT2D eigenvalue weighted by molar-refractivity contribution is 0.0690. The maximum absolute atomic E-state index is 11.2. The topological polar surface area (TPSA) is 100 Å². The fraction of sp³-hybridized carbons (Fsp3) is 0.125. The summed E-state index contributed by atoms with van der Waals surface area (Å²) >= 11 is 17.9. The van der Waals surface area contributed by atoms with E-state index >= 15 is 0 Å². The van der Waals surface area contributed by atoms with Gasteiger partial charge in [-0.25, -0.2) is 9.78 Å². The van der Waals surface area contributed by atoms with Crippen LogP contribution in [0.25, 0.3) is 10.9 Å². The number of hydrogen-bond acceptors (Lipinski definition) is 5. The highest BCUT2D eigenvalue weighted by molar-refractivity contribution is 6.45. The van der Waals surface area contributed by atoms with Gasteiger partial charge in [-0.1, -0.05) is 53.0 Å². The predicted molar refractivity (Wildman–Crippen MR) is 99.7 cm³/mol. The lowest BCUT2D eigenvalue weighted by Gasteiger charge is -2.05. The predicted octanol–water partition coefficient (Wildman–Crippen LogP) is 5.84. The van der Waals surface area contributed by atoms with Gasteiger partial charge in [0.05, 0.1) is 5.52 Å². The van der Waals surface area contributed by atoms with E-state index in [2.05, 4.69) is 15.2 Å². The maximum Gasteiger partial charge on any atom is 0.356 e. The molecule has 0 aliphatic heterocycles. The van der Waals surface area contributed by atoms with Crippen LogP contribution in [-0.4, -0.2) is 25.7 Å². The normalized spacial score (nSPS) is 11.5. The third-order valence-corrected chi connectivity index (χ3v) is 4.79. The van der Waals surface area contributed by atoms with E-state index in [4.69, 9.17) is 39.9 Å². The Kier molecular flexibility index (Phi) is 5.04. The summed E-state index contributed by atoms with van der Waals surface area (Å²) in [5.74, 6) is -1.46. The van der Waals surface area contributed by atoms with Crippen molar-refractivity contribution in [1.82, 2.24) is 9.55 Å². The number of para-hydroxylation sites is 1. The summed E-state index contributed by atoms with van der Waals surface area (Å²) in [5.41, 5.74) is 0.353. The average molecular weight is 414 g/mol. The van der Waals surface area contributed by atoms with Crippen molar-refractivity contribution in [1.29, 1.82) is 0 Å². The third-order valence-electron chi connectivity index (χ3n) is 3.70. The molecule has 0 unspecified atom stereocenters. The van der Waals surface area contributed by atoms with Crippen LogP contribution in [0.2, 0.25) is 15.2 Å². The Hall–Kier alpha value is -2.35. The van der Waals surface area contributed by atoms with Crippen LogP contribution in [-0.2, 0) is 6.54 Å². The number of halogens is 3. The molecule has 2 heterocycles. The van der Waals surface area contributed by atoms with Crippen molar-refractivity contribution >= 4 is 63.0 Å². The zero-order valence-corrected chi connectivity index (χ0v) is 15.5. The van der Waals surface area contributed by atoms with Gasteiger partial charge in [-0.3, -0.25) is 0 Å². The number of azo groups is 1. The van der Waals surface area contributed by atoms with Gasteiger partial charge in [-0.15, -0.1) is 10.2 Å². The summed E-state index contributed by atoms with van der Waals surface area (Å²) in [7, 11) is 0. The fourth-order valence-corrected chi connectivity index (χ4v) is 3.17. The highest BCUT2D eigenvalue weighted by Crippen LogP contribution is 2.43. The number of aromatic carboxylic acids is 1. The van der Waals surface area contributed by atoms with Gasteiger partial charge in [0.2, 0.25) is 5.88 Å². The van der Waals surface area contributed by atoms with Gasteiger partial charge in [0, 0.05) is 11.9 Å². The van der Waals surface area contributed by atoms with Crippen molar-refractivity contribution in [3.63, 3.8) is 0 Å². The Morgan fingerprint density at radius 2 is 1.81 bits per heavy atom. The van der Waals surface area contributed by atoms with Crippen molar-refractivity contribution in [3.05, 3.63) is 45.2 Å². The first-order valence-corrected chi connectivity index (χ1v) is 8.49. The molecule has 0 spiro atoms. The van der Waals surface area contributed by atoms with Crippen LogP contribution in [0.1, 0.15) is 17.4 Å². The average Bonchev–Trinajstić information content (AvgIpc) is 2.89. The number of carboxylic acid groups (broad SMARTS) is 1. The lowest BCUT2D eigenvalue weighted by Crippen LogP contribution is -2.02. The van der Waals surface area contributed by atoms with Gasteiger partial charge in [0.1, 0.15) is 15.7 Å². The maximum atomic E-state index is 11.2. The van der Waals surface area contributed by atoms with Gasteiger partial charge in [-0.05, 0) is 13.0 Å². The second-order valence-corrected chi connectivity index (χ2v) is 6.28. The monoisotopic (exact) mass is 412 g/mol. The van der Waals surface area contributed by atoms with Gasteiger partial charge >= 0.3 is 5.97 Å². The Balaban J connectivity index is 2.20. The SMILES string of the molecule is CCn1c(O)c(N=Nc2c(Cl)c(Cl)nc(C(=O)O)c2Cl)c2ccccc21. The zero-order valence-electron chi connectivity index (χ0n) is 13.2. The number of carboxylic acids is 1. The molecule has 2 aromatic heterocycles. The highest BCUT2D eigenvalue weighted by atomic mass is 35.5. The molecule has 1 aromatic carbocycles. The van der Waals surface area contributed by atoms with E-state index in [-0.39, 0.29) is 32.5 Å². The third kappa shape index (κ3) is 2.98. The van der Waals surface area contributed by atoms with E-state index < -0.39 is 11.7 Å². The minimum atomic E-state index is -1.38. The Labute approximate surface area is 162 Å². The molecule has 0 atom stereocenters. The van der Waals surface area contributed by atoms with Crippen LogP contribution in [0.5, 0.6) is 5.88 Å². The molecule has 3 aromatic rings. The van der Waals surface area contributed by atoms with Crippen LogP contribution in [0, 0.1) is 0 Å². The molecule has 10 heteroatoms. The van der Waals surface area contributed by atoms with Gasteiger partial charge < -0.3 is 14.8 Å². The second-order valence-electron chi connectivity index (χ2n) is 5.17. The molecule has 0 radical (unpaired) electrons. The van der Waals surface area contributed by atoms with Crippen molar-refractivity contribution in [2.24, 2.45) is 10.2 Å². The van der Waals surface area contributed by atoms with Gasteiger partial charge in [0.25, 0.3) is 0 Å². The number of carbonyl (C=O) groups is 1. The summed E-state index contributed by atoms with van der Waals surface area (Å²) in [6.07, 6.45) is 0. The summed E-state index contributed by atoms with van der Waals surface area (Å²) in [6.45, 7) is 2.40. The first-order valence-electron chi connectivity index (χ1n) is 7.36. The number of fused-ring (bicyclic) bond motifs is 1. The Morgan fingerprint density at radius 3 is 2.46 bits per heavy atom. The molecular weight excluding hydrogens is 403 g/mol. The molecule has 3 rings (SSSR count). The minimum absolute atomic E-state index is 0.0803. The first-order chi connectivity index (χ1) is 12.4. The number of aromatic hydroxyl groups is 1. The van der Waals surface area contributed by atoms with E-state index in [9.17, 15) is 9.90 Å². The van der Waals surface area contributed by atoms with E-state index in [0.717, 1.165) is 5.52 Å². The molecule has 7 nitrogen and oxygen atoms in total. The lowest BCUT2D eigenvalue weighted by atomic mass is 10.2. The van der Waals surface area contributed by atoms with E-state index in [0.29, 0.717) is 11.9 Å². The van der Waals surface area contributed by atoms with Crippen molar-refractivity contribution < 1.29 is 15.0 Å². The molecular formula is C16H11Cl3N4O3. The molecule has 0 aliphatic carbocycles. The number of aromatic nitrogens is 2. The van der Waals surface area contributed by atoms with Crippen LogP contribution in [0.4, 0.5) is 11.4 Å². The summed E-state index contributed by atoms with van der Waals surface area (Å²) in [5, 5.41) is 27.5. The van der Waals surface area contributed by atoms with Gasteiger partial charge in [0.15, 0.2) is 16.5 Å². The highest BCUT2D eigenvalue weighted by Gasteiger charge is 2.22. The van der Waals surface area contributed by atoms with E-state index in [1.807, 2.05) is 19.1 Å². The van der Waals surface area contributed by atoms with Crippen molar-refractivity contribution in [2.45, 2.75) is 13.5 Å². The number of pyridine rings is 1. The number of benzene rings is 1. The molecule has 0 bridgehead atoms. The van der Waals surface area contributed by atoms with E-state index in [1.54, 1.807) is 16.7 Å². The van der Waals surface area contributed by atoms with Gasteiger partial charge in [-0.2, -0.15) is 0 Å². The molecule has 134 valence electrons. The first kappa shape index (κ1) is 18.4. The smallest absolute Gasteiger partial charge is 0.356 e. The number of nitrogens with zero attached hydrogens (tertiary/aromatic N) is 4. The van der Waals surface area contributed by atoms with Crippen LogP contribution < -0.4 is 0 Å². The molecule has 26 heavy (non-hydrogen) atoms. The molecule has 0 saturated heterocycles. The molecule has 0 amide bonds. The van der Waals surface area contributed by atoms with Crippen molar-refractivity contribution in [2.75, 3.05) is 0 Å². The van der Waals surface area contributed by atoms with Crippen LogP contribution in [0.3, 0.4) is 0 Å². The van der Waals surface area contributed by atoms with E-state index in [1.165, 1.54) is 0 Å². The molecule has 0 saturated carbocycles. The van der Waals surface area contributed by atoms with Crippen molar-refractivity contribution in [3.8, 4) is 5.88 Å². The summed E-state index contributed by atoms with van der Waals surface area (Å²) in [6, 6.07) is 7.25. The Morgan fingerprint density at radius 1 is 1.15 bits per heavy atom. The fourth-order valence-electron chi connectivity index (χ4n) is 2.52. The zero-order chi connectivity index (χ0) is 19.0. The Bertz CT molecular complexity index is 1060.